The summed E-state index contributed by atoms with van der Waals surface area (Å²) in [5, 5.41) is 6.37. The Bertz CT molecular complexity index is 961. The van der Waals surface area contributed by atoms with Crippen LogP contribution in [-0.4, -0.2) is 10.9 Å². The Kier molecular flexibility index (Phi) is 8.16. The van der Waals surface area contributed by atoms with Crippen molar-refractivity contribution in [2.75, 3.05) is 10.6 Å². The first-order chi connectivity index (χ1) is 14.1. The fourth-order valence-electron chi connectivity index (χ4n) is 2.77. The van der Waals surface area contributed by atoms with Crippen LogP contribution in [0.15, 0.2) is 73.1 Å². The van der Waals surface area contributed by atoms with Crippen molar-refractivity contribution < 1.29 is 4.79 Å². The Morgan fingerprint density at radius 1 is 0.862 bits per heavy atom. The molecule has 2 N–H and O–H groups in total. The quantitative estimate of drug-likeness (QED) is 0.529. The van der Waals surface area contributed by atoms with Crippen LogP contribution in [0.4, 0.5) is 11.4 Å². The molecule has 29 heavy (non-hydrogen) atoms. The molecule has 3 rings (SSSR count). The average molecular weight is 388 g/mol. The highest BCUT2D eigenvalue weighted by molar-refractivity contribution is 6.04. The van der Waals surface area contributed by atoms with Crippen LogP contribution < -0.4 is 10.6 Å². The smallest absolute Gasteiger partial charge is 0.255 e. The molecular weight excluding hydrogens is 358 g/mol. The van der Waals surface area contributed by atoms with Gasteiger partial charge in [0.05, 0.1) is 0 Å². The second-order valence-electron chi connectivity index (χ2n) is 6.41. The summed E-state index contributed by atoms with van der Waals surface area (Å²) in [6, 6.07) is 17.3. The van der Waals surface area contributed by atoms with Gasteiger partial charge in [0, 0.05) is 40.6 Å². The van der Waals surface area contributed by atoms with Gasteiger partial charge in [0.1, 0.15) is 0 Å². The van der Waals surface area contributed by atoms with E-state index in [4.69, 9.17) is 0 Å². The van der Waals surface area contributed by atoms with E-state index in [1.165, 1.54) is 0 Å². The summed E-state index contributed by atoms with van der Waals surface area (Å²) in [7, 11) is 0. The van der Waals surface area contributed by atoms with E-state index >= 15 is 0 Å². The number of carbonyl (C=O) groups is 1. The summed E-state index contributed by atoms with van der Waals surface area (Å²) in [5.41, 5.74) is 6.61. The van der Waals surface area contributed by atoms with Gasteiger partial charge >= 0.3 is 0 Å². The number of hydrogen-bond acceptors (Lipinski definition) is 3. The van der Waals surface area contributed by atoms with Crippen LogP contribution in [0.2, 0.25) is 0 Å². The standard InChI is InChI=1S/C23H23N3O.C2H6/c1-4-21(18-11-13-24-14-12-18)26-22-10-7-19(15-17(22)3)23(27)25-20-8-5-16(2)6-9-20;1-2/h4-15,26H,1-3H3,(H,25,27);1-2H3/b21-4-;. The Labute approximate surface area is 173 Å². The molecule has 0 aliphatic carbocycles. The summed E-state index contributed by atoms with van der Waals surface area (Å²) in [6.45, 7) is 10.00. The van der Waals surface area contributed by atoms with Crippen LogP contribution in [0.5, 0.6) is 0 Å². The highest BCUT2D eigenvalue weighted by Crippen LogP contribution is 2.23. The number of hydrogen-bond donors (Lipinski definition) is 2. The maximum Gasteiger partial charge on any atom is 0.255 e. The molecule has 1 heterocycles. The fourth-order valence-corrected chi connectivity index (χ4v) is 2.77. The Hall–Kier alpha value is -3.40. The van der Waals surface area contributed by atoms with Crippen molar-refractivity contribution in [3.05, 3.63) is 95.3 Å². The van der Waals surface area contributed by atoms with Crippen LogP contribution in [-0.2, 0) is 0 Å². The molecule has 0 bridgehead atoms. The summed E-state index contributed by atoms with van der Waals surface area (Å²) >= 11 is 0. The largest absolute Gasteiger partial charge is 0.355 e. The molecule has 0 radical (unpaired) electrons. The molecule has 0 aliphatic rings. The first-order valence-electron chi connectivity index (χ1n) is 9.89. The number of allylic oxidation sites excluding steroid dienone is 1. The molecule has 0 saturated carbocycles. The number of anilines is 2. The van der Waals surface area contributed by atoms with E-state index in [1.807, 2.05) is 95.3 Å². The molecule has 150 valence electrons. The Balaban J connectivity index is 0.00000145. The zero-order valence-corrected chi connectivity index (χ0v) is 17.8. The van der Waals surface area contributed by atoms with E-state index in [0.29, 0.717) is 5.56 Å². The van der Waals surface area contributed by atoms with Crippen molar-refractivity contribution in [3.8, 4) is 0 Å². The van der Waals surface area contributed by atoms with E-state index in [-0.39, 0.29) is 5.91 Å². The highest BCUT2D eigenvalue weighted by atomic mass is 16.1. The molecule has 0 saturated heterocycles. The topological polar surface area (TPSA) is 54.0 Å². The predicted octanol–water partition coefficient (Wildman–Crippen LogP) is 6.45. The van der Waals surface area contributed by atoms with Gasteiger partial charge in [0.25, 0.3) is 5.91 Å². The molecule has 0 unspecified atom stereocenters. The van der Waals surface area contributed by atoms with Crippen LogP contribution in [0.3, 0.4) is 0 Å². The third-order valence-corrected chi connectivity index (χ3v) is 4.35. The normalized spacial score (nSPS) is 10.6. The lowest BCUT2D eigenvalue weighted by atomic mass is 10.1. The Morgan fingerprint density at radius 3 is 2.10 bits per heavy atom. The lowest BCUT2D eigenvalue weighted by Gasteiger charge is -2.14. The second kappa shape index (κ2) is 10.8. The van der Waals surface area contributed by atoms with E-state index in [2.05, 4.69) is 15.6 Å². The highest BCUT2D eigenvalue weighted by Gasteiger charge is 2.09. The second-order valence-corrected chi connectivity index (χ2v) is 6.41. The molecule has 3 aromatic rings. The number of carbonyl (C=O) groups excluding carboxylic acids is 1. The van der Waals surface area contributed by atoms with Gasteiger partial charge in [-0.2, -0.15) is 0 Å². The van der Waals surface area contributed by atoms with Crippen LogP contribution >= 0.6 is 0 Å². The van der Waals surface area contributed by atoms with Crippen molar-refractivity contribution in [3.63, 3.8) is 0 Å². The molecule has 0 aliphatic heterocycles. The minimum Gasteiger partial charge on any atom is -0.355 e. The summed E-state index contributed by atoms with van der Waals surface area (Å²) in [6.07, 6.45) is 5.56. The zero-order chi connectivity index (χ0) is 21.2. The van der Waals surface area contributed by atoms with Gasteiger partial charge in [-0.15, -0.1) is 0 Å². The lowest BCUT2D eigenvalue weighted by Crippen LogP contribution is -2.12. The summed E-state index contributed by atoms with van der Waals surface area (Å²) in [5.74, 6) is -0.117. The first-order valence-corrected chi connectivity index (χ1v) is 9.89. The number of nitrogens with one attached hydrogen (secondary N) is 2. The van der Waals surface area contributed by atoms with E-state index in [9.17, 15) is 4.79 Å². The van der Waals surface area contributed by atoms with Crippen molar-refractivity contribution in [2.24, 2.45) is 0 Å². The molecule has 2 aromatic carbocycles. The molecule has 1 aromatic heterocycles. The van der Waals surface area contributed by atoms with Gasteiger partial charge in [0.2, 0.25) is 0 Å². The number of benzene rings is 2. The van der Waals surface area contributed by atoms with Crippen LogP contribution in [0.1, 0.15) is 47.8 Å². The maximum atomic E-state index is 12.5. The molecular formula is C25H29N3O. The third kappa shape index (κ3) is 6.04. The van der Waals surface area contributed by atoms with E-state index in [1.54, 1.807) is 12.4 Å². The van der Waals surface area contributed by atoms with Gasteiger partial charge in [0.15, 0.2) is 0 Å². The van der Waals surface area contributed by atoms with Gasteiger partial charge in [-0.05, 0) is 68.8 Å². The predicted molar refractivity (Wildman–Crippen MR) is 123 cm³/mol. The van der Waals surface area contributed by atoms with Gasteiger partial charge < -0.3 is 10.6 Å². The van der Waals surface area contributed by atoms with E-state index < -0.39 is 0 Å². The molecule has 0 spiro atoms. The summed E-state index contributed by atoms with van der Waals surface area (Å²) < 4.78 is 0. The van der Waals surface area contributed by atoms with E-state index in [0.717, 1.165) is 33.8 Å². The van der Waals surface area contributed by atoms with Crippen molar-refractivity contribution in [2.45, 2.75) is 34.6 Å². The van der Waals surface area contributed by atoms with Crippen LogP contribution in [0.25, 0.3) is 5.70 Å². The van der Waals surface area contributed by atoms with Crippen molar-refractivity contribution in [1.29, 1.82) is 0 Å². The first kappa shape index (κ1) is 21.9. The number of nitrogens with zero attached hydrogens (tertiary/aromatic N) is 1. The average Bonchev–Trinajstić information content (AvgIpc) is 2.76. The number of pyridine rings is 1. The van der Waals surface area contributed by atoms with Gasteiger partial charge in [-0.25, -0.2) is 0 Å². The number of amides is 1. The van der Waals surface area contributed by atoms with Crippen LogP contribution in [0, 0.1) is 13.8 Å². The third-order valence-electron chi connectivity index (χ3n) is 4.35. The fraction of sp³-hybridized carbons (Fsp3) is 0.200. The zero-order valence-electron chi connectivity index (χ0n) is 17.8. The number of aromatic nitrogens is 1. The number of aryl methyl sites for hydroxylation is 2. The lowest BCUT2D eigenvalue weighted by molar-refractivity contribution is 0.102. The molecule has 1 amide bonds. The molecule has 0 fully saturated rings. The van der Waals surface area contributed by atoms with Crippen molar-refractivity contribution >= 4 is 23.0 Å². The molecule has 0 atom stereocenters. The minimum absolute atomic E-state index is 0.117. The minimum atomic E-state index is -0.117. The number of rotatable bonds is 5. The Morgan fingerprint density at radius 2 is 1.52 bits per heavy atom. The SMILES string of the molecule is C/C=C(\Nc1ccc(C(=O)Nc2ccc(C)cc2)cc1C)c1ccncc1.CC. The maximum absolute atomic E-state index is 12.5. The molecule has 4 heteroatoms. The van der Waals surface area contributed by atoms with Gasteiger partial charge in [-0.1, -0.05) is 37.6 Å². The monoisotopic (exact) mass is 387 g/mol. The summed E-state index contributed by atoms with van der Waals surface area (Å²) in [4.78, 5) is 16.6. The van der Waals surface area contributed by atoms with Gasteiger partial charge in [-0.3, -0.25) is 9.78 Å². The molecule has 4 nitrogen and oxygen atoms in total. The van der Waals surface area contributed by atoms with Crippen molar-refractivity contribution in [1.82, 2.24) is 4.98 Å².